The van der Waals surface area contributed by atoms with Gasteiger partial charge in [-0.05, 0) is 77.0 Å². The van der Waals surface area contributed by atoms with Crippen molar-refractivity contribution >= 4 is 5.91 Å². The fourth-order valence-corrected chi connectivity index (χ4v) is 11.7. The van der Waals surface area contributed by atoms with Crippen molar-refractivity contribution in [2.45, 2.75) is 384 Å². The largest absolute Gasteiger partial charge is 0.394 e. The van der Waals surface area contributed by atoms with Crippen LogP contribution in [0.2, 0.25) is 0 Å². The number of allylic oxidation sites excluding steroid dienone is 16. The number of carbonyl (C=O) groups excluding carboxylic acids is 1. The molecule has 6 N–H and O–H groups in total. The normalized spacial score (nSPS) is 18.5. The number of aliphatic hydroxyl groups is 5. The van der Waals surface area contributed by atoms with Gasteiger partial charge in [-0.15, -0.1) is 0 Å². The molecule has 1 amide bonds. The fourth-order valence-electron chi connectivity index (χ4n) is 11.7. The Hall–Kier alpha value is -2.89. The first kappa shape index (κ1) is 83.1. The van der Waals surface area contributed by atoms with E-state index in [1.165, 1.54) is 212 Å². The van der Waals surface area contributed by atoms with Gasteiger partial charge in [0.05, 0.1) is 25.4 Å². The van der Waals surface area contributed by atoms with Crippen molar-refractivity contribution in [1.82, 2.24) is 5.32 Å². The summed E-state index contributed by atoms with van der Waals surface area (Å²) in [5, 5.41) is 55.0. The predicted octanol–water partition coefficient (Wildman–Crippen LogP) is 21.0. The maximum atomic E-state index is 13.2. The van der Waals surface area contributed by atoms with Crippen molar-refractivity contribution in [3.05, 3.63) is 97.2 Å². The van der Waals surface area contributed by atoms with Crippen molar-refractivity contribution in [2.75, 3.05) is 13.2 Å². The first-order valence-corrected chi connectivity index (χ1v) is 37.4. The monoisotopic (exact) mass is 1230 g/mol. The van der Waals surface area contributed by atoms with Crippen LogP contribution in [0.25, 0.3) is 0 Å². The molecule has 0 saturated carbocycles. The van der Waals surface area contributed by atoms with Crippen LogP contribution in [-0.2, 0) is 14.3 Å². The molecule has 1 aliphatic heterocycles. The molecule has 0 spiro atoms. The summed E-state index contributed by atoms with van der Waals surface area (Å²) >= 11 is 0. The van der Waals surface area contributed by atoms with Crippen LogP contribution in [0.5, 0.6) is 0 Å². The molecule has 0 aliphatic carbocycles. The lowest BCUT2D eigenvalue weighted by Crippen LogP contribution is -2.60. The van der Waals surface area contributed by atoms with Crippen LogP contribution < -0.4 is 5.32 Å². The Morgan fingerprint density at radius 2 is 0.705 bits per heavy atom. The van der Waals surface area contributed by atoms with E-state index < -0.39 is 49.5 Å². The average Bonchev–Trinajstić information content (AvgIpc) is 3.65. The van der Waals surface area contributed by atoms with E-state index in [2.05, 4.69) is 116 Å². The Morgan fingerprint density at radius 1 is 0.398 bits per heavy atom. The van der Waals surface area contributed by atoms with Gasteiger partial charge in [-0.1, -0.05) is 355 Å². The molecule has 1 fully saturated rings. The molecule has 88 heavy (non-hydrogen) atoms. The van der Waals surface area contributed by atoms with Crippen molar-refractivity contribution in [1.29, 1.82) is 0 Å². The summed E-state index contributed by atoms with van der Waals surface area (Å²) in [7, 11) is 0. The highest BCUT2D eigenvalue weighted by Gasteiger charge is 2.44. The summed E-state index contributed by atoms with van der Waals surface area (Å²) in [6.07, 6.45) is 90.5. The number of ether oxygens (including phenoxy) is 2. The Bertz CT molecular complexity index is 1720. The Kier molecular flexibility index (Phi) is 63.3. The summed E-state index contributed by atoms with van der Waals surface area (Å²) in [4.78, 5) is 13.2. The van der Waals surface area contributed by atoms with Gasteiger partial charge >= 0.3 is 0 Å². The molecule has 7 atom stereocenters. The molecule has 0 bridgehead atoms. The smallest absolute Gasteiger partial charge is 0.220 e. The summed E-state index contributed by atoms with van der Waals surface area (Å²) in [6, 6.07) is -0.733. The van der Waals surface area contributed by atoms with Crippen LogP contribution in [0.1, 0.15) is 341 Å². The third-order valence-electron chi connectivity index (χ3n) is 17.5. The second-order valence-corrected chi connectivity index (χ2v) is 25.7. The van der Waals surface area contributed by atoms with E-state index >= 15 is 0 Å². The van der Waals surface area contributed by atoms with Gasteiger partial charge in [0.1, 0.15) is 24.4 Å². The second-order valence-electron chi connectivity index (χ2n) is 25.7. The number of hydrogen-bond donors (Lipinski definition) is 6. The van der Waals surface area contributed by atoms with Crippen LogP contribution in [-0.4, -0.2) is 87.5 Å². The molecule has 7 unspecified atom stereocenters. The highest BCUT2D eigenvalue weighted by molar-refractivity contribution is 5.76. The molecule has 0 aromatic carbocycles. The lowest BCUT2D eigenvalue weighted by atomic mass is 9.99. The molecule has 0 aromatic heterocycles. The minimum Gasteiger partial charge on any atom is -0.394 e. The van der Waals surface area contributed by atoms with Crippen molar-refractivity contribution in [2.24, 2.45) is 0 Å². The molecule has 0 radical (unpaired) electrons. The number of carbonyl (C=O) groups is 1. The minimum absolute atomic E-state index is 0.145. The molecular formula is C79H141NO8. The van der Waals surface area contributed by atoms with Gasteiger partial charge < -0.3 is 40.3 Å². The van der Waals surface area contributed by atoms with Crippen molar-refractivity contribution in [3.63, 3.8) is 0 Å². The Labute approximate surface area is 543 Å². The third-order valence-corrected chi connectivity index (χ3v) is 17.5. The molecule has 510 valence electrons. The Morgan fingerprint density at radius 3 is 1.05 bits per heavy atom. The SMILES string of the molecule is CC/C=C\C/C=C\C/C=C\C/C=C\C/C=C\C/C=C\C/C=C\C/C=C\CCCCCCCCCCC(=O)NC(COC1OC(CO)C(O)C(O)C1O)C(O)CCCCCCCCCCCCCCCCCCCCCCCCCCCCCCCCCC. The van der Waals surface area contributed by atoms with E-state index in [0.29, 0.717) is 12.8 Å². The second kappa shape index (κ2) is 67.0. The van der Waals surface area contributed by atoms with Crippen molar-refractivity contribution in [3.8, 4) is 0 Å². The highest BCUT2D eigenvalue weighted by Crippen LogP contribution is 2.24. The first-order chi connectivity index (χ1) is 43.3. The summed E-state index contributed by atoms with van der Waals surface area (Å²) in [6.45, 7) is 3.76. The maximum Gasteiger partial charge on any atom is 0.220 e. The van der Waals surface area contributed by atoms with Crippen LogP contribution in [0.3, 0.4) is 0 Å². The lowest BCUT2D eigenvalue weighted by molar-refractivity contribution is -0.302. The van der Waals surface area contributed by atoms with Crippen molar-refractivity contribution < 1.29 is 39.8 Å². The fraction of sp³-hybridized carbons (Fsp3) is 0.785. The molecule has 9 heteroatoms. The van der Waals surface area contributed by atoms with Crippen LogP contribution in [0.15, 0.2) is 97.2 Å². The third kappa shape index (κ3) is 54.8. The average molecular weight is 1230 g/mol. The van der Waals surface area contributed by atoms with E-state index in [1.807, 2.05) is 0 Å². The van der Waals surface area contributed by atoms with E-state index in [0.717, 1.165) is 103 Å². The number of rotatable bonds is 65. The molecule has 1 saturated heterocycles. The van der Waals surface area contributed by atoms with Gasteiger partial charge in [-0.2, -0.15) is 0 Å². The van der Waals surface area contributed by atoms with Gasteiger partial charge in [0.25, 0.3) is 0 Å². The predicted molar refractivity (Wildman–Crippen MR) is 378 cm³/mol. The standard InChI is InChI=1S/C79H141NO8/c1-3-5-7-9-11-13-15-17-19-21-23-25-27-29-31-33-35-37-39-41-43-45-47-49-51-53-55-57-59-61-63-65-67-69-75(83)80-72(71-87-79-78(86)77(85)76(84)74(70-81)88-79)73(82)68-66-64-62-60-58-56-54-52-50-48-46-44-42-40-38-36-34-32-30-28-26-24-22-20-18-16-14-12-10-8-6-4-2/h5,7,11,13,17,19,23,25,29,31,35,37,41,43,47,49,72-74,76-79,81-82,84-86H,3-4,6,8-10,12,14-16,18,20-22,24,26-28,30,32-34,36,38-40,42,44-46,48,50-71H2,1-2H3,(H,80,83)/b7-5-,13-11-,19-17-,25-23-,31-29-,37-35-,43-41-,49-47-. The molecule has 0 aromatic rings. The minimum atomic E-state index is -1.56. The lowest BCUT2D eigenvalue weighted by Gasteiger charge is -2.40. The summed E-state index contributed by atoms with van der Waals surface area (Å²) in [5.41, 5.74) is 0. The molecular weight excluding hydrogens is 1090 g/mol. The first-order valence-electron chi connectivity index (χ1n) is 37.4. The van der Waals surface area contributed by atoms with E-state index in [-0.39, 0.29) is 12.5 Å². The number of unbranched alkanes of at least 4 members (excludes halogenated alkanes) is 39. The molecule has 1 aliphatic rings. The number of aliphatic hydroxyl groups excluding tert-OH is 5. The zero-order valence-electron chi connectivity index (χ0n) is 57.2. The topological polar surface area (TPSA) is 149 Å². The van der Waals surface area contributed by atoms with Gasteiger partial charge in [0.15, 0.2) is 6.29 Å². The molecule has 1 heterocycles. The number of amides is 1. The molecule has 1 rings (SSSR count). The summed E-state index contributed by atoms with van der Waals surface area (Å²) in [5.74, 6) is -0.152. The van der Waals surface area contributed by atoms with E-state index in [1.54, 1.807) is 0 Å². The quantitative estimate of drug-likeness (QED) is 0.0261. The zero-order valence-corrected chi connectivity index (χ0v) is 57.2. The number of hydrogen-bond acceptors (Lipinski definition) is 8. The van der Waals surface area contributed by atoms with Gasteiger partial charge in [-0.25, -0.2) is 0 Å². The van der Waals surface area contributed by atoms with Gasteiger partial charge in [-0.3, -0.25) is 4.79 Å². The van der Waals surface area contributed by atoms with Crippen LogP contribution in [0.4, 0.5) is 0 Å². The maximum absolute atomic E-state index is 13.2. The van der Waals surface area contributed by atoms with Crippen LogP contribution in [0, 0.1) is 0 Å². The molecule has 9 nitrogen and oxygen atoms in total. The van der Waals surface area contributed by atoms with Gasteiger partial charge in [0, 0.05) is 6.42 Å². The highest BCUT2D eigenvalue weighted by atomic mass is 16.7. The van der Waals surface area contributed by atoms with Crippen LogP contribution >= 0.6 is 0 Å². The zero-order chi connectivity index (χ0) is 63.5. The van der Waals surface area contributed by atoms with E-state index in [4.69, 9.17) is 9.47 Å². The Balaban J connectivity index is 2.12. The number of nitrogens with one attached hydrogen (secondary N) is 1. The van der Waals surface area contributed by atoms with Gasteiger partial charge in [0.2, 0.25) is 5.91 Å². The van der Waals surface area contributed by atoms with E-state index in [9.17, 15) is 30.3 Å². The summed E-state index contributed by atoms with van der Waals surface area (Å²) < 4.78 is 11.4.